The lowest BCUT2D eigenvalue weighted by Gasteiger charge is -2.13. The molecule has 25 heavy (non-hydrogen) atoms. The normalized spacial score (nSPS) is 11.8. The highest BCUT2D eigenvalue weighted by atomic mass is 16.5. The summed E-state index contributed by atoms with van der Waals surface area (Å²) >= 11 is 0. The summed E-state index contributed by atoms with van der Waals surface area (Å²) in [4.78, 5) is 23.5. The summed E-state index contributed by atoms with van der Waals surface area (Å²) in [7, 11) is 1.59. The summed E-state index contributed by atoms with van der Waals surface area (Å²) in [5, 5.41) is 2.78. The van der Waals surface area contributed by atoms with Gasteiger partial charge in [-0.1, -0.05) is 42.5 Å². The average Bonchev–Trinajstić information content (AvgIpc) is 2.65. The second-order valence-electron chi connectivity index (χ2n) is 5.41. The van der Waals surface area contributed by atoms with Crippen LogP contribution in [0.5, 0.6) is 5.75 Å². The Balaban J connectivity index is 1.76. The summed E-state index contributed by atoms with van der Waals surface area (Å²) in [6.45, 7) is 1.56. The Labute approximate surface area is 147 Å². The van der Waals surface area contributed by atoms with Crippen molar-refractivity contribution in [2.75, 3.05) is 13.7 Å². The minimum absolute atomic E-state index is 0.151. The van der Waals surface area contributed by atoms with Gasteiger partial charge in [0, 0.05) is 6.08 Å². The number of carbonyl (C=O) groups excluding carboxylic acids is 2. The topological polar surface area (TPSA) is 64.6 Å². The van der Waals surface area contributed by atoms with Gasteiger partial charge < -0.3 is 14.8 Å². The number of nitrogens with one attached hydrogen (secondary N) is 1. The van der Waals surface area contributed by atoms with Gasteiger partial charge in [-0.25, -0.2) is 4.79 Å². The Bertz CT molecular complexity index is 723. The van der Waals surface area contributed by atoms with Gasteiger partial charge in [-0.05, 0) is 36.3 Å². The Hall–Kier alpha value is -3.08. The third kappa shape index (κ3) is 6.14. The van der Waals surface area contributed by atoms with Crippen LogP contribution < -0.4 is 10.1 Å². The molecule has 0 saturated carbocycles. The van der Waals surface area contributed by atoms with Crippen LogP contribution in [0.1, 0.15) is 24.1 Å². The fourth-order valence-corrected chi connectivity index (χ4v) is 2.17. The molecule has 2 rings (SSSR count). The van der Waals surface area contributed by atoms with Crippen molar-refractivity contribution >= 4 is 18.0 Å². The first kappa shape index (κ1) is 18.3. The first-order valence-corrected chi connectivity index (χ1v) is 7.91. The largest absolute Gasteiger partial charge is 0.497 e. The van der Waals surface area contributed by atoms with Crippen molar-refractivity contribution in [2.24, 2.45) is 0 Å². The molecule has 5 heteroatoms. The lowest BCUT2D eigenvalue weighted by atomic mass is 10.1. The van der Waals surface area contributed by atoms with Crippen molar-refractivity contribution in [1.82, 2.24) is 5.32 Å². The number of rotatable bonds is 7. The maximum Gasteiger partial charge on any atom is 0.331 e. The highest BCUT2D eigenvalue weighted by Gasteiger charge is 2.10. The molecule has 0 bridgehead atoms. The SMILES string of the molecule is COc1ccc(/C=C/C(=O)OCC(=O)NC(C)c2ccccc2)cc1. The number of esters is 1. The summed E-state index contributed by atoms with van der Waals surface area (Å²) < 4.78 is 10.0. The monoisotopic (exact) mass is 339 g/mol. The molecule has 0 aliphatic heterocycles. The summed E-state index contributed by atoms with van der Waals surface area (Å²) in [5.74, 6) is -0.176. The molecule has 0 aliphatic rings. The van der Waals surface area contributed by atoms with Crippen LogP contribution in [0.4, 0.5) is 0 Å². The summed E-state index contributed by atoms with van der Waals surface area (Å²) in [5.41, 5.74) is 1.82. The molecule has 130 valence electrons. The van der Waals surface area contributed by atoms with Crippen LogP contribution in [0.15, 0.2) is 60.7 Å². The van der Waals surface area contributed by atoms with Crippen molar-refractivity contribution in [3.63, 3.8) is 0 Å². The molecule has 0 spiro atoms. The van der Waals surface area contributed by atoms with Crippen molar-refractivity contribution in [3.05, 3.63) is 71.8 Å². The van der Waals surface area contributed by atoms with E-state index in [1.54, 1.807) is 25.3 Å². The zero-order valence-electron chi connectivity index (χ0n) is 14.3. The number of hydrogen-bond donors (Lipinski definition) is 1. The molecule has 5 nitrogen and oxygen atoms in total. The lowest BCUT2D eigenvalue weighted by Crippen LogP contribution is -2.30. The summed E-state index contributed by atoms with van der Waals surface area (Å²) in [6, 6.07) is 16.6. The molecule has 1 atom stereocenters. The first-order chi connectivity index (χ1) is 12.1. The van der Waals surface area contributed by atoms with Gasteiger partial charge in [0.2, 0.25) is 0 Å². The fourth-order valence-electron chi connectivity index (χ4n) is 2.17. The molecule has 2 aromatic carbocycles. The number of ether oxygens (including phenoxy) is 2. The lowest BCUT2D eigenvalue weighted by molar-refractivity contribution is -0.144. The molecule has 1 unspecified atom stereocenters. The van der Waals surface area contributed by atoms with Gasteiger partial charge in [0.15, 0.2) is 6.61 Å². The molecule has 1 N–H and O–H groups in total. The highest BCUT2D eigenvalue weighted by molar-refractivity contribution is 5.89. The van der Waals surface area contributed by atoms with Crippen molar-refractivity contribution in [3.8, 4) is 5.75 Å². The number of hydrogen-bond acceptors (Lipinski definition) is 4. The maximum atomic E-state index is 11.8. The molecule has 0 aliphatic carbocycles. The van der Waals surface area contributed by atoms with Gasteiger partial charge in [0.05, 0.1) is 13.2 Å². The minimum Gasteiger partial charge on any atom is -0.497 e. The van der Waals surface area contributed by atoms with E-state index in [4.69, 9.17) is 9.47 Å². The molecular formula is C20H21NO4. The van der Waals surface area contributed by atoms with Crippen LogP contribution in [0.3, 0.4) is 0 Å². The molecule has 0 aromatic heterocycles. The van der Waals surface area contributed by atoms with Crippen molar-refractivity contribution in [2.45, 2.75) is 13.0 Å². The highest BCUT2D eigenvalue weighted by Crippen LogP contribution is 2.12. The van der Waals surface area contributed by atoms with E-state index in [9.17, 15) is 9.59 Å². The Morgan fingerprint density at radius 3 is 2.40 bits per heavy atom. The smallest absolute Gasteiger partial charge is 0.331 e. The van der Waals surface area contributed by atoms with Crippen LogP contribution in [-0.2, 0) is 14.3 Å². The van der Waals surface area contributed by atoms with Gasteiger partial charge >= 0.3 is 5.97 Å². The van der Waals surface area contributed by atoms with Crippen LogP contribution >= 0.6 is 0 Å². The maximum absolute atomic E-state index is 11.8. The van der Waals surface area contributed by atoms with E-state index in [-0.39, 0.29) is 18.6 Å². The standard InChI is InChI=1S/C20H21NO4/c1-15(17-6-4-3-5-7-17)21-19(22)14-25-20(23)13-10-16-8-11-18(24-2)12-9-16/h3-13,15H,14H2,1-2H3,(H,21,22)/b13-10+. The first-order valence-electron chi connectivity index (χ1n) is 7.91. The van der Waals surface area contributed by atoms with E-state index in [0.717, 1.165) is 16.9 Å². The van der Waals surface area contributed by atoms with E-state index < -0.39 is 5.97 Å². The third-order valence-electron chi connectivity index (χ3n) is 3.55. The van der Waals surface area contributed by atoms with Gasteiger partial charge in [0.1, 0.15) is 5.75 Å². The van der Waals surface area contributed by atoms with E-state index in [2.05, 4.69) is 5.32 Å². The van der Waals surface area contributed by atoms with Crippen molar-refractivity contribution < 1.29 is 19.1 Å². The molecule has 2 aromatic rings. The van der Waals surface area contributed by atoms with Gasteiger partial charge in [0.25, 0.3) is 5.91 Å². The zero-order chi connectivity index (χ0) is 18.1. The number of methoxy groups -OCH3 is 1. The Morgan fingerprint density at radius 1 is 1.08 bits per heavy atom. The second kappa shape index (κ2) is 9.27. The van der Waals surface area contributed by atoms with Gasteiger partial charge in [-0.15, -0.1) is 0 Å². The predicted molar refractivity (Wildman–Crippen MR) is 96.0 cm³/mol. The van der Waals surface area contributed by atoms with E-state index in [0.29, 0.717) is 0 Å². The summed E-state index contributed by atoms with van der Waals surface area (Å²) in [6.07, 6.45) is 2.90. The average molecular weight is 339 g/mol. The third-order valence-corrected chi connectivity index (χ3v) is 3.55. The molecule has 0 fully saturated rings. The number of amides is 1. The molecule has 0 saturated heterocycles. The van der Waals surface area contributed by atoms with E-state index in [1.165, 1.54) is 6.08 Å². The van der Waals surface area contributed by atoms with E-state index in [1.807, 2.05) is 49.4 Å². The van der Waals surface area contributed by atoms with Gasteiger partial charge in [-0.3, -0.25) is 4.79 Å². The minimum atomic E-state index is -0.571. The quantitative estimate of drug-likeness (QED) is 0.622. The fraction of sp³-hybridized carbons (Fsp3) is 0.200. The van der Waals surface area contributed by atoms with Crippen LogP contribution in [0.2, 0.25) is 0 Å². The molecular weight excluding hydrogens is 318 g/mol. The predicted octanol–water partition coefficient (Wildman–Crippen LogP) is 3.13. The van der Waals surface area contributed by atoms with Crippen LogP contribution in [0, 0.1) is 0 Å². The van der Waals surface area contributed by atoms with Crippen LogP contribution in [-0.4, -0.2) is 25.6 Å². The Kier molecular flexibility index (Phi) is 6.77. The molecule has 1 amide bonds. The second-order valence-corrected chi connectivity index (χ2v) is 5.41. The Morgan fingerprint density at radius 2 is 1.76 bits per heavy atom. The molecule has 0 heterocycles. The number of benzene rings is 2. The number of carbonyl (C=O) groups is 2. The van der Waals surface area contributed by atoms with Crippen molar-refractivity contribution in [1.29, 1.82) is 0 Å². The zero-order valence-corrected chi connectivity index (χ0v) is 14.3. The van der Waals surface area contributed by atoms with E-state index >= 15 is 0 Å². The van der Waals surface area contributed by atoms with Crippen LogP contribution in [0.25, 0.3) is 6.08 Å². The molecule has 0 radical (unpaired) electrons. The van der Waals surface area contributed by atoms with Gasteiger partial charge in [-0.2, -0.15) is 0 Å².